The van der Waals surface area contributed by atoms with Crippen LogP contribution >= 0.6 is 0 Å². The molecule has 0 amide bonds. The van der Waals surface area contributed by atoms with E-state index in [1.54, 1.807) is 0 Å². The van der Waals surface area contributed by atoms with E-state index in [2.05, 4.69) is 182 Å². The monoisotopic (exact) mass is 819 g/mol. The second-order valence-electron chi connectivity index (χ2n) is 11.5. The topological polar surface area (TPSA) is 0 Å². The number of thiol groups is 1. The summed E-state index contributed by atoms with van der Waals surface area (Å²) < 4.78 is 7.96. The van der Waals surface area contributed by atoms with Crippen LogP contribution in [0.5, 0.6) is 0 Å². The first kappa shape index (κ1) is 35.1. The summed E-state index contributed by atoms with van der Waals surface area (Å²) in [5, 5.41) is 0. The average Bonchev–Trinajstić information content (AvgIpc) is 3.08. The van der Waals surface area contributed by atoms with Gasteiger partial charge < -0.3 is 13.5 Å². The van der Waals surface area contributed by atoms with E-state index in [4.69, 9.17) is 0 Å². The van der Waals surface area contributed by atoms with Gasteiger partial charge in [0.2, 0.25) is 0 Å². The average molecular weight is 817 g/mol. The van der Waals surface area contributed by atoms with Gasteiger partial charge in [0, 0.05) is 0 Å². The molecule has 45 heavy (non-hydrogen) atoms. The van der Waals surface area contributed by atoms with Crippen LogP contribution in [0.3, 0.4) is 0 Å². The molecule has 0 bridgehead atoms. The molecule has 0 aliphatic rings. The molecule has 6 aromatic carbocycles. The molecule has 0 aliphatic heterocycles. The summed E-state index contributed by atoms with van der Waals surface area (Å²) in [6.45, 7) is 0. The van der Waals surface area contributed by atoms with Crippen molar-refractivity contribution in [1.82, 2.24) is 0 Å². The molecule has 1 radical (unpaired) electrons. The first-order valence-corrected chi connectivity index (χ1v) is 27.8. The zero-order valence-corrected chi connectivity index (χ0v) is 32.6. The Morgan fingerprint density at radius 3 is 0.711 bits per heavy atom. The molecule has 0 unspecified atom stereocenters. The summed E-state index contributed by atoms with van der Waals surface area (Å²) in [5.74, 6) is 0. The Morgan fingerprint density at radius 2 is 0.489 bits per heavy atom. The van der Waals surface area contributed by atoms with Crippen molar-refractivity contribution in [3.8, 4) is 0 Å². The summed E-state index contributed by atoms with van der Waals surface area (Å²) in [5.41, 5.74) is 9.10. The predicted molar refractivity (Wildman–Crippen MR) is 201 cm³/mol. The number of rotatable bonds is 12. The van der Waals surface area contributed by atoms with Crippen LogP contribution in [0.2, 0.25) is 0 Å². The number of hydrogen-bond donors (Lipinski definition) is 0. The van der Waals surface area contributed by atoms with Crippen molar-refractivity contribution in [3.63, 3.8) is 0 Å². The second-order valence-corrected chi connectivity index (χ2v) is 26.1. The van der Waals surface area contributed by atoms with Crippen molar-refractivity contribution in [2.75, 3.05) is 0 Å². The Balaban J connectivity index is 0.000000200. The Kier molecular flexibility index (Phi) is 15.9. The van der Waals surface area contributed by atoms with E-state index in [1.807, 2.05) is 0 Å². The quantitative estimate of drug-likeness (QED) is 0.0675. The molecule has 0 spiro atoms. The summed E-state index contributed by atoms with van der Waals surface area (Å²) in [7, 11) is 0. The number of hydrogen-bond acceptors (Lipinski definition) is 1. The van der Waals surface area contributed by atoms with Gasteiger partial charge in [0.25, 0.3) is 0 Å². The van der Waals surface area contributed by atoms with Crippen molar-refractivity contribution >= 4 is 53.0 Å². The molecule has 0 fully saturated rings. The Bertz CT molecular complexity index is 1260. The van der Waals surface area contributed by atoms with Gasteiger partial charge in [-0.3, -0.25) is 0 Å². The zero-order valence-electron chi connectivity index (χ0n) is 26.0. The molecule has 0 saturated heterocycles. The van der Waals surface area contributed by atoms with Crippen LogP contribution in [-0.2, 0) is 40.1 Å². The van der Waals surface area contributed by atoms with Gasteiger partial charge in [-0.05, 0) is 0 Å². The fourth-order valence-electron chi connectivity index (χ4n) is 5.68. The molecular formula is C42H43SSn2. The van der Waals surface area contributed by atoms with E-state index in [0.29, 0.717) is 0 Å². The summed E-state index contributed by atoms with van der Waals surface area (Å²) in [6.07, 6.45) is 0. The summed E-state index contributed by atoms with van der Waals surface area (Å²) >= 11 is -3.11. The summed E-state index contributed by atoms with van der Waals surface area (Å²) in [4.78, 5) is 0. The maximum atomic E-state index is 2.29. The predicted octanol–water partition coefficient (Wildman–Crippen LogP) is 9.38. The van der Waals surface area contributed by atoms with E-state index >= 15 is 0 Å². The zero-order chi connectivity index (χ0) is 30.1. The molecule has 0 heterocycles. The van der Waals surface area contributed by atoms with E-state index in [-0.39, 0.29) is 13.5 Å². The van der Waals surface area contributed by atoms with Gasteiger partial charge in [-0.1, -0.05) is 0 Å². The van der Waals surface area contributed by atoms with Crippen molar-refractivity contribution in [2.45, 2.75) is 26.6 Å². The molecular weight excluding hydrogens is 774 g/mol. The van der Waals surface area contributed by atoms with Crippen LogP contribution < -0.4 is 0 Å². The molecule has 0 N–H and O–H groups in total. The second kappa shape index (κ2) is 20.4. The van der Waals surface area contributed by atoms with Gasteiger partial charge in [-0.15, -0.1) is 0 Å². The molecule has 0 atom stereocenters. The first-order valence-electron chi connectivity index (χ1n) is 15.7. The fourth-order valence-corrected chi connectivity index (χ4v) is 21.7. The SMILES string of the molecule is [SH-].c1ccc([CH2][Sn+]([CH2]c2ccccc2)[CH2]c2ccccc2)cc1.c1ccc([CH2][Sn]([CH2]c2ccccc2)[CH2]c2ccccc2)cc1. The van der Waals surface area contributed by atoms with Gasteiger partial charge in [0.05, 0.1) is 0 Å². The molecule has 3 heteroatoms. The van der Waals surface area contributed by atoms with Gasteiger partial charge in [-0.2, -0.15) is 0 Å². The third-order valence-electron chi connectivity index (χ3n) is 7.78. The first-order chi connectivity index (χ1) is 21.8. The molecule has 6 aromatic rings. The Morgan fingerprint density at radius 1 is 0.289 bits per heavy atom. The summed E-state index contributed by atoms with van der Waals surface area (Å²) in [6, 6.07) is 66.1. The molecule has 0 nitrogen and oxygen atoms in total. The third kappa shape index (κ3) is 13.3. The van der Waals surface area contributed by atoms with Gasteiger partial charge in [0.15, 0.2) is 0 Å². The van der Waals surface area contributed by atoms with Crippen LogP contribution in [0.4, 0.5) is 0 Å². The van der Waals surface area contributed by atoms with Crippen molar-refractivity contribution in [1.29, 1.82) is 0 Å². The van der Waals surface area contributed by atoms with Gasteiger partial charge in [-0.25, -0.2) is 0 Å². The van der Waals surface area contributed by atoms with Crippen LogP contribution in [0, 0.1) is 0 Å². The molecule has 225 valence electrons. The Hall–Kier alpha value is -2.73. The standard InChI is InChI=1S/6C7H7.H2S.2Sn/c6*1-7-5-3-2-4-6-7;;;/h6*2-6H,1H2;1H2;;/q;;;;;;;;+1/p-1. The molecule has 6 rings (SSSR count). The van der Waals surface area contributed by atoms with Crippen LogP contribution in [-0.4, -0.2) is 39.5 Å². The fraction of sp³-hybridized carbons (Fsp3) is 0.143. The van der Waals surface area contributed by atoms with Gasteiger partial charge in [0.1, 0.15) is 0 Å². The molecule has 0 aromatic heterocycles. The minimum atomic E-state index is -1.56. The van der Waals surface area contributed by atoms with Crippen molar-refractivity contribution in [3.05, 3.63) is 215 Å². The van der Waals surface area contributed by atoms with Crippen molar-refractivity contribution < 1.29 is 0 Å². The number of benzene rings is 6. The minimum absolute atomic E-state index is 0. The van der Waals surface area contributed by atoms with Gasteiger partial charge >= 0.3 is 282 Å². The van der Waals surface area contributed by atoms with E-state index in [1.165, 1.54) is 60.0 Å². The van der Waals surface area contributed by atoms with E-state index in [9.17, 15) is 0 Å². The Labute approximate surface area is 292 Å². The molecule has 0 aliphatic carbocycles. The van der Waals surface area contributed by atoms with Crippen LogP contribution in [0.25, 0.3) is 0 Å². The van der Waals surface area contributed by atoms with Crippen LogP contribution in [0.15, 0.2) is 182 Å². The van der Waals surface area contributed by atoms with Crippen molar-refractivity contribution in [2.24, 2.45) is 0 Å². The van der Waals surface area contributed by atoms with E-state index < -0.39 is 39.5 Å². The van der Waals surface area contributed by atoms with Crippen LogP contribution in [0.1, 0.15) is 33.4 Å². The molecule has 0 saturated carbocycles. The maximum absolute atomic E-state index is 2.29. The normalized spacial score (nSPS) is 10.3. The van der Waals surface area contributed by atoms with E-state index in [0.717, 1.165) is 0 Å². The third-order valence-corrected chi connectivity index (χ3v) is 23.3.